The van der Waals surface area contributed by atoms with Crippen molar-refractivity contribution in [2.75, 3.05) is 5.75 Å². The molecule has 0 atom stereocenters. The molecule has 0 aliphatic heterocycles. The first-order valence-corrected chi connectivity index (χ1v) is 8.48. The summed E-state index contributed by atoms with van der Waals surface area (Å²) in [6.45, 7) is 4.52. The van der Waals surface area contributed by atoms with Crippen LogP contribution < -0.4 is 0 Å². The topological polar surface area (TPSA) is 54.4 Å². The van der Waals surface area contributed by atoms with Crippen molar-refractivity contribution in [2.24, 2.45) is 5.92 Å². The molecule has 0 fully saturated rings. The molecule has 0 aliphatic carbocycles. The Kier molecular flexibility index (Phi) is 9.84. The largest absolute Gasteiger partial charge is 0.286 e. The third-order valence-corrected chi connectivity index (χ3v) is 3.74. The van der Waals surface area contributed by atoms with E-state index < -0.39 is 10.1 Å². The highest BCUT2D eigenvalue weighted by Gasteiger charge is 2.02. The van der Waals surface area contributed by atoms with Crippen molar-refractivity contribution in [2.45, 2.75) is 71.6 Å². The summed E-state index contributed by atoms with van der Waals surface area (Å²) in [7, 11) is -3.74. The molecule has 4 heteroatoms. The van der Waals surface area contributed by atoms with E-state index in [1.165, 1.54) is 38.5 Å². The van der Waals surface area contributed by atoms with Crippen LogP contribution in [0.3, 0.4) is 0 Å². The van der Waals surface area contributed by atoms with Crippen LogP contribution in [0.1, 0.15) is 71.6 Å². The van der Waals surface area contributed by atoms with E-state index in [1.807, 2.05) is 0 Å². The van der Waals surface area contributed by atoms with E-state index in [0.717, 1.165) is 18.8 Å². The number of hydrogen-bond acceptors (Lipinski definition) is 2. The molecule has 0 radical (unpaired) electrons. The Morgan fingerprint density at radius 3 is 1.65 bits per heavy atom. The number of rotatable bonds is 11. The van der Waals surface area contributed by atoms with Crippen LogP contribution in [0.25, 0.3) is 0 Å². The van der Waals surface area contributed by atoms with Crippen LogP contribution in [0.4, 0.5) is 0 Å². The Labute approximate surface area is 107 Å². The molecule has 0 amide bonds. The predicted octanol–water partition coefficient (Wildman–Crippen LogP) is 4.04. The van der Waals surface area contributed by atoms with Gasteiger partial charge in [-0.3, -0.25) is 4.55 Å². The first-order chi connectivity index (χ1) is 7.92. The minimum absolute atomic E-state index is 0.0820. The van der Waals surface area contributed by atoms with E-state index in [0.29, 0.717) is 6.42 Å². The van der Waals surface area contributed by atoms with E-state index >= 15 is 0 Å². The molecule has 0 rings (SSSR count). The zero-order chi connectivity index (χ0) is 13.1. The van der Waals surface area contributed by atoms with Crippen molar-refractivity contribution in [3.63, 3.8) is 0 Å². The zero-order valence-corrected chi connectivity index (χ0v) is 12.1. The third kappa shape index (κ3) is 15.9. The van der Waals surface area contributed by atoms with E-state index in [1.54, 1.807) is 0 Å². The van der Waals surface area contributed by atoms with Crippen LogP contribution in [0.5, 0.6) is 0 Å². The minimum Gasteiger partial charge on any atom is -0.286 e. The van der Waals surface area contributed by atoms with Gasteiger partial charge in [-0.1, -0.05) is 65.2 Å². The molecule has 0 aromatic rings. The van der Waals surface area contributed by atoms with Crippen LogP contribution >= 0.6 is 0 Å². The van der Waals surface area contributed by atoms with E-state index in [2.05, 4.69) is 13.8 Å². The van der Waals surface area contributed by atoms with Gasteiger partial charge in [-0.15, -0.1) is 0 Å². The highest BCUT2D eigenvalue weighted by molar-refractivity contribution is 7.85. The molecule has 0 spiro atoms. The van der Waals surface area contributed by atoms with Gasteiger partial charge in [0.05, 0.1) is 5.75 Å². The van der Waals surface area contributed by atoms with Gasteiger partial charge in [0.25, 0.3) is 10.1 Å². The van der Waals surface area contributed by atoms with Gasteiger partial charge in [0.1, 0.15) is 0 Å². The fraction of sp³-hybridized carbons (Fsp3) is 1.00. The van der Waals surface area contributed by atoms with Gasteiger partial charge in [0.15, 0.2) is 0 Å². The van der Waals surface area contributed by atoms with Crippen LogP contribution in [-0.4, -0.2) is 18.7 Å². The van der Waals surface area contributed by atoms with Crippen LogP contribution in [-0.2, 0) is 10.1 Å². The molecule has 0 saturated carbocycles. The van der Waals surface area contributed by atoms with E-state index in [-0.39, 0.29) is 5.75 Å². The third-order valence-electron chi connectivity index (χ3n) is 2.93. The average Bonchev–Trinajstić information content (AvgIpc) is 2.18. The zero-order valence-electron chi connectivity index (χ0n) is 11.3. The Morgan fingerprint density at radius 2 is 1.24 bits per heavy atom. The molecule has 0 heterocycles. The lowest BCUT2D eigenvalue weighted by atomic mass is 10.0. The van der Waals surface area contributed by atoms with Crippen molar-refractivity contribution in [3.05, 3.63) is 0 Å². The van der Waals surface area contributed by atoms with Gasteiger partial charge in [-0.2, -0.15) is 8.42 Å². The second-order valence-corrected chi connectivity index (χ2v) is 6.87. The molecule has 3 nitrogen and oxygen atoms in total. The van der Waals surface area contributed by atoms with Gasteiger partial charge < -0.3 is 0 Å². The first-order valence-electron chi connectivity index (χ1n) is 6.87. The molecule has 0 unspecified atom stereocenters. The smallest absolute Gasteiger partial charge is 0.264 e. The predicted molar refractivity (Wildman–Crippen MR) is 72.8 cm³/mol. The van der Waals surface area contributed by atoms with E-state index in [4.69, 9.17) is 4.55 Å². The quantitative estimate of drug-likeness (QED) is 0.452. The molecule has 0 aromatic heterocycles. The molecule has 0 saturated heterocycles. The Bertz CT molecular complexity index is 258. The molecule has 0 aliphatic rings. The standard InChI is InChI=1S/C13H28O3S/c1-13(2)11-9-7-5-3-4-6-8-10-12-17(14,15)16/h13H,3-12H2,1-2H3,(H,14,15,16). The van der Waals surface area contributed by atoms with Crippen molar-refractivity contribution in [3.8, 4) is 0 Å². The summed E-state index contributed by atoms with van der Waals surface area (Å²) in [5.41, 5.74) is 0. The van der Waals surface area contributed by atoms with Gasteiger partial charge in [-0.05, 0) is 12.3 Å². The minimum atomic E-state index is -3.74. The fourth-order valence-electron chi connectivity index (χ4n) is 1.90. The van der Waals surface area contributed by atoms with Crippen molar-refractivity contribution in [1.82, 2.24) is 0 Å². The van der Waals surface area contributed by atoms with Crippen LogP contribution in [0, 0.1) is 5.92 Å². The van der Waals surface area contributed by atoms with Crippen LogP contribution in [0.2, 0.25) is 0 Å². The van der Waals surface area contributed by atoms with Gasteiger partial charge in [-0.25, -0.2) is 0 Å². The lowest BCUT2D eigenvalue weighted by molar-refractivity contribution is 0.477. The molecule has 0 bridgehead atoms. The molecule has 104 valence electrons. The monoisotopic (exact) mass is 264 g/mol. The highest BCUT2D eigenvalue weighted by Crippen LogP contribution is 2.12. The second-order valence-electron chi connectivity index (χ2n) is 5.30. The van der Waals surface area contributed by atoms with Gasteiger partial charge in [0, 0.05) is 0 Å². The summed E-state index contributed by atoms with van der Waals surface area (Å²) in [6, 6.07) is 0. The Hall–Kier alpha value is -0.0900. The normalized spacial score (nSPS) is 12.2. The summed E-state index contributed by atoms with van der Waals surface area (Å²) in [4.78, 5) is 0. The van der Waals surface area contributed by atoms with Crippen molar-refractivity contribution < 1.29 is 13.0 Å². The summed E-state index contributed by atoms with van der Waals surface area (Å²) in [5, 5.41) is 0. The lowest BCUT2D eigenvalue weighted by Crippen LogP contribution is -2.03. The lowest BCUT2D eigenvalue weighted by Gasteiger charge is -2.04. The maximum absolute atomic E-state index is 10.4. The summed E-state index contributed by atoms with van der Waals surface area (Å²) >= 11 is 0. The van der Waals surface area contributed by atoms with Crippen molar-refractivity contribution >= 4 is 10.1 Å². The molecular weight excluding hydrogens is 236 g/mol. The molecule has 1 N–H and O–H groups in total. The van der Waals surface area contributed by atoms with Crippen molar-refractivity contribution in [1.29, 1.82) is 0 Å². The number of unbranched alkanes of at least 4 members (excludes halogenated alkanes) is 7. The van der Waals surface area contributed by atoms with Gasteiger partial charge >= 0.3 is 0 Å². The maximum Gasteiger partial charge on any atom is 0.264 e. The van der Waals surface area contributed by atoms with Gasteiger partial charge in [0.2, 0.25) is 0 Å². The maximum atomic E-state index is 10.4. The fourth-order valence-corrected chi connectivity index (χ4v) is 2.47. The first kappa shape index (κ1) is 16.9. The number of hydrogen-bond donors (Lipinski definition) is 1. The summed E-state index contributed by atoms with van der Waals surface area (Å²) in [6.07, 6.45) is 10.3. The average molecular weight is 264 g/mol. The highest BCUT2D eigenvalue weighted by atomic mass is 32.2. The molecule has 0 aromatic carbocycles. The molecular formula is C13H28O3S. The Balaban J connectivity index is 3.09. The second kappa shape index (κ2) is 9.89. The Morgan fingerprint density at radius 1 is 0.824 bits per heavy atom. The molecule has 17 heavy (non-hydrogen) atoms. The summed E-state index contributed by atoms with van der Waals surface area (Å²) < 4.78 is 29.4. The van der Waals surface area contributed by atoms with Crippen LogP contribution in [0.15, 0.2) is 0 Å². The summed E-state index contributed by atoms with van der Waals surface area (Å²) in [5.74, 6) is 0.733. The van der Waals surface area contributed by atoms with E-state index in [9.17, 15) is 8.42 Å². The SMILES string of the molecule is CC(C)CCCCCCCCCCS(=O)(=O)O.